The van der Waals surface area contributed by atoms with Crippen molar-refractivity contribution in [2.45, 2.75) is 19.9 Å². The number of hydrogen-bond donors (Lipinski definition) is 1. The van der Waals surface area contributed by atoms with E-state index in [9.17, 15) is 0 Å². The largest absolute Gasteiger partial charge is 0.368 e. The first-order valence-electron chi connectivity index (χ1n) is 16.4. The molecule has 1 aromatic heterocycles. The first-order chi connectivity index (χ1) is 23.4. The number of likely N-dealkylation sites (N-methyl/N-ethyl adjacent to an activating group) is 2. The number of rotatable bonds is 13. The second-order valence-corrected chi connectivity index (χ2v) is 11.8. The molecule has 1 aliphatic heterocycles. The van der Waals surface area contributed by atoms with Crippen LogP contribution in [0.3, 0.4) is 0 Å². The molecule has 4 nitrogen and oxygen atoms in total. The predicted molar refractivity (Wildman–Crippen MR) is 210 cm³/mol. The molecule has 0 aliphatic carbocycles. The molecular formula is C44H46N4. The maximum atomic E-state index is 4.62. The summed E-state index contributed by atoms with van der Waals surface area (Å²) < 4.78 is 2.45. The van der Waals surface area contributed by atoms with E-state index in [0.29, 0.717) is 6.54 Å². The molecule has 0 saturated carbocycles. The lowest BCUT2D eigenvalue weighted by molar-refractivity contribution is 0.531. The second-order valence-electron chi connectivity index (χ2n) is 11.8. The first kappa shape index (κ1) is 33.8. The monoisotopic (exact) mass is 630 g/mol. The maximum Gasteiger partial charge on any atom is 0.0779 e. The van der Waals surface area contributed by atoms with Crippen molar-refractivity contribution >= 4 is 38.9 Å². The zero-order valence-electron chi connectivity index (χ0n) is 28.7. The summed E-state index contributed by atoms with van der Waals surface area (Å²) in [6.45, 7) is 18.0. The number of anilines is 1. The Morgan fingerprint density at radius 1 is 0.979 bits per heavy atom. The van der Waals surface area contributed by atoms with Gasteiger partial charge >= 0.3 is 0 Å². The third-order valence-corrected chi connectivity index (χ3v) is 8.70. The molecule has 242 valence electrons. The number of hydrogen-bond acceptors (Lipinski definition) is 3. The summed E-state index contributed by atoms with van der Waals surface area (Å²) in [5.74, 6) is 0. The van der Waals surface area contributed by atoms with Crippen molar-refractivity contribution in [1.29, 1.82) is 0 Å². The maximum absolute atomic E-state index is 4.62. The summed E-state index contributed by atoms with van der Waals surface area (Å²) in [6, 6.07) is 23.7. The van der Waals surface area contributed by atoms with E-state index in [1.807, 2.05) is 32.2 Å². The van der Waals surface area contributed by atoms with E-state index in [1.165, 1.54) is 44.3 Å². The Bertz CT molecular complexity index is 2040. The van der Waals surface area contributed by atoms with Crippen LogP contribution >= 0.6 is 0 Å². The molecule has 1 unspecified atom stereocenters. The fraction of sp³-hybridized carbons (Fsp3) is 0.159. The van der Waals surface area contributed by atoms with Crippen molar-refractivity contribution in [3.63, 3.8) is 0 Å². The van der Waals surface area contributed by atoms with Gasteiger partial charge in [0.2, 0.25) is 0 Å². The van der Waals surface area contributed by atoms with E-state index in [4.69, 9.17) is 0 Å². The van der Waals surface area contributed by atoms with Crippen LogP contribution in [0.5, 0.6) is 0 Å². The van der Waals surface area contributed by atoms with Crippen molar-refractivity contribution in [3.8, 4) is 0 Å². The van der Waals surface area contributed by atoms with Crippen LogP contribution in [0.4, 0.5) is 5.69 Å². The van der Waals surface area contributed by atoms with Gasteiger partial charge in [-0.15, -0.1) is 5.73 Å². The number of allylic oxidation sites excluding steroid dienone is 8. The van der Waals surface area contributed by atoms with E-state index in [2.05, 4.69) is 168 Å². The molecular weight excluding hydrogens is 585 g/mol. The van der Waals surface area contributed by atoms with Crippen molar-refractivity contribution < 1.29 is 0 Å². The van der Waals surface area contributed by atoms with Crippen LogP contribution in [0.2, 0.25) is 0 Å². The Hall–Kier alpha value is -5.54. The lowest BCUT2D eigenvalue weighted by atomic mass is 10.0. The van der Waals surface area contributed by atoms with Crippen LogP contribution in [0.1, 0.15) is 18.1 Å². The minimum absolute atomic E-state index is 0.0901. The smallest absolute Gasteiger partial charge is 0.0779 e. The number of fused-ring (bicyclic) bond motifs is 3. The fourth-order valence-electron chi connectivity index (χ4n) is 6.34. The molecule has 1 atom stereocenters. The molecule has 48 heavy (non-hydrogen) atoms. The number of benzene rings is 3. The van der Waals surface area contributed by atoms with Gasteiger partial charge in [-0.1, -0.05) is 123 Å². The van der Waals surface area contributed by atoms with Gasteiger partial charge in [0.25, 0.3) is 0 Å². The molecule has 0 saturated heterocycles. The molecule has 1 N–H and O–H groups in total. The zero-order chi connectivity index (χ0) is 34.0. The third kappa shape index (κ3) is 7.06. The van der Waals surface area contributed by atoms with Crippen LogP contribution in [0.25, 0.3) is 33.2 Å². The van der Waals surface area contributed by atoms with Gasteiger partial charge in [0.05, 0.1) is 29.3 Å². The summed E-state index contributed by atoms with van der Waals surface area (Å²) >= 11 is 0. The Labute approximate surface area is 286 Å². The highest BCUT2D eigenvalue weighted by Gasteiger charge is 2.24. The summed E-state index contributed by atoms with van der Waals surface area (Å²) in [5.41, 5.74) is 13.2. The molecule has 0 radical (unpaired) electrons. The van der Waals surface area contributed by atoms with Gasteiger partial charge in [0, 0.05) is 47.0 Å². The quantitative estimate of drug-likeness (QED) is 0.117. The molecule has 1 aliphatic rings. The topological polar surface area (TPSA) is 23.4 Å². The first-order valence-corrected chi connectivity index (χ1v) is 16.4. The summed E-state index contributed by atoms with van der Waals surface area (Å²) in [6.07, 6.45) is 22.7. The Kier molecular flexibility index (Phi) is 11.2. The Balaban J connectivity index is 1.70. The normalized spacial score (nSPS) is 14.3. The summed E-state index contributed by atoms with van der Waals surface area (Å²) in [7, 11) is 4.11. The van der Waals surface area contributed by atoms with Crippen molar-refractivity contribution in [3.05, 3.63) is 181 Å². The molecule has 5 rings (SSSR count). The highest BCUT2D eigenvalue weighted by molar-refractivity contribution is 6.15. The van der Waals surface area contributed by atoms with Gasteiger partial charge in [0.1, 0.15) is 0 Å². The van der Waals surface area contributed by atoms with Crippen LogP contribution < -0.4 is 10.2 Å². The lowest BCUT2D eigenvalue weighted by Crippen LogP contribution is -2.26. The van der Waals surface area contributed by atoms with Gasteiger partial charge in [-0.3, -0.25) is 0 Å². The number of aromatic nitrogens is 1. The predicted octanol–water partition coefficient (Wildman–Crippen LogP) is 9.98. The molecule has 0 spiro atoms. The molecule has 3 aromatic carbocycles. The average molecular weight is 631 g/mol. The molecule has 0 bridgehead atoms. The lowest BCUT2D eigenvalue weighted by Gasteiger charge is -2.31. The van der Waals surface area contributed by atoms with Gasteiger partial charge in [-0.05, 0) is 62.4 Å². The van der Waals surface area contributed by atoms with Crippen molar-refractivity contribution in [2.75, 3.05) is 32.1 Å². The number of nitrogens with zero attached hydrogens (tertiary/aromatic N) is 3. The standard InChI is InChI=1S/C44H46N4/c1-8-11-13-19-31-47(34(5)26-29-40(45-6)35(10-3)20-12-9-2)43-33(4)25-28-39-38-23-17-18-24-42(38)48(44(39)43)37-27-30-41(46(7)32-37)36-21-15-14-16-22-36/h8-9,11-30,40,45H,2-3,5,31-32H2,1,4,6-7H3/b11-8-,19-13-,20-12-,29-26-. The molecule has 2 heterocycles. The summed E-state index contributed by atoms with van der Waals surface area (Å²) in [5, 5.41) is 5.81. The van der Waals surface area contributed by atoms with Gasteiger partial charge in [0.15, 0.2) is 0 Å². The SMILES string of the molecule is C=C=C(/C=C\C=C)C(/C=C\C(=C)N(C/C=C\C=C/C)c1c(C)ccc2c3ccccc3n(C3=CC=C(c4ccccc4)N(C)C3)c12)NC. The van der Waals surface area contributed by atoms with Crippen molar-refractivity contribution in [2.24, 2.45) is 0 Å². The zero-order valence-corrected chi connectivity index (χ0v) is 28.7. The van der Waals surface area contributed by atoms with E-state index < -0.39 is 0 Å². The fourth-order valence-corrected chi connectivity index (χ4v) is 6.34. The van der Waals surface area contributed by atoms with E-state index in [1.54, 1.807) is 6.08 Å². The molecule has 4 heteroatoms. The summed E-state index contributed by atoms with van der Waals surface area (Å²) in [4.78, 5) is 4.66. The third-order valence-electron chi connectivity index (χ3n) is 8.70. The highest BCUT2D eigenvalue weighted by atomic mass is 15.2. The number of para-hydroxylation sites is 1. The van der Waals surface area contributed by atoms with E-state index >= 15 is 0 Å². The minimum Gasteiger partial charge on any atom is -0.368 e. The van der Waals surface area contributed by atoms with Crippen molar-refractivity contribution in [1.82, 2.24) is 14.8 Å². The van der Waals surface area contributed by atoms with E-state index in [-0.39, 0.29) is 6.04 Å². The number of aryl methyl sites for hydroxylation is 1. The van der Waals surface area contributed by atoms with Gasteiger partial charge < -0.3 is 19.7 Å². The van der Waals surface area contributed by atoms with Crippen LogP contribution in [0, 0.1) is 6.92 Å². The van der Waals surface area contributed by atoms with E-state index in [0.717, 1.165) is 23.5 Å². The minimum atomic E-state index is -0.0901. The van der Waals surface area contributed by atoms with Crippen LogP contribution in [0.15, 0.2) is 170 Å². The Morgan fingerprint density at radius 2 is 1.75 bits per heavy atom. The molecule has 4 aromatic rings. The molecule has 0 amide bonds. The second kappa shape index (κ2) is 15.8. The number of nitrogens with one attached hydrogen (secondary N) is 1. The highest BCUT2D eigenvalue weighted by Crippen LogP contribution is 2.41. The molecule has 0 fully saturated rings. The average Bonchev–Trinajstić information content (AvgIpc) is 3.44. The van der Waals surface area contributed by atoms with Crippen LogP contribution in [-0.4, -0.2) is 42.7 Å². The van der Waals surface area contributed by atoms with Gasteiger partial charge in [-0.2, -0.15) is 0 Å². The van der Waals surface area contributed by atoms with Crippen LogP contribution in [-0.2, 0) is 0 Å². The van der Waals surface area contributed by atoms with Gasteiger partial charge in [-0.25, -0.2) is 0 Å². The Morgan fingerprint density at radius 3 is 2.46 bits per heavy atom.